The molecule has 3 rings (SSSR count). The van der Waals surface area contributed by atoms with E-state index in [9.17, 15) is 9.59 Å². The maximum Gasteiger partial charge on any atom is 0.243 e. The van der Waals surface area contributed by atoms with Crippen LogP contribution in [0, 0.1) is 5.92 Å². The van der Waals surface area contributed by atoms with E-state index in [-0.39, 0.29) is 23.8 Å². The molecule has 0 aliphatic carbocycles. The van der Waals surface area contributed by atoms with Crippen LogP contribution in [0.4, 0.5) is 0 Å². The minimum absolute atomic E-state index is 0.0542. The van der Waals surface area contributed by atoms with Crippen molar-refractivity contribution in [2.45, 2.75) is 45.8 Å². The molecule has 0 spiro atoms. The van der Waals surface area contributed by atoms with Gasteiger partial charge in [0.05, 0.1) is 13.2 Å². The zero-order valence-corrected chi connectivity index (χ0v) is 16.4. The fraction of sp³-hybridized carbons (Fsp3) is 0.619. The average Bonchev–Trinajstić information content (AvgIpc) is 3.07. The average molecular weight is 373 g/mol. The van der Waals surface area contributed by atoms with Crippen LogP contribution in [-0.4, -0.2) is 60.5 Å². The molecule has 2 heterocycles. The predicted molar refractivity (Wildman–Crippen MR) is 104 cm³/mol. The van der Waals surface area contributed by atoms with Crippen LogP contribution in [0.3, 0.4) is 0 Å². The maximum atomic E-state index is 12.9. The van der Waals surface area contributed by atoms with Crippen molar-refractivity contribution in [2.75, 3.05) is 32.8 Å². The lowest BCUT2D eigenvalue weighted by Crippen LogP contribution is -2.50. The molecule has 1 N–H and O–H groups in total. The number of hydrogen-bond donors (Lipinski definition) is 1. The largest absolute Gasteiger partial charge is 0.379 e. The lowest BCUT2D eigenvalue weighted by atomic mass is 10.0. The molecule has 1 unspecified atom stereocenters. The Morgan fingerprint density at radius 1 is 1.15 bits per heavy atom. The Labute approximate surface area is 161 Å². The van der Waals surface area contributed by atoms with Crippen LogP contribution in [0.15, 0.2) is 24.3 Å². The van der Waals surface area contributed by atoms with E-state index in [1.54, 1.807) is 4.90 Å². The van der Waals surface area contributed by atoms with Gasteiger partial charge in [-0.25, -0.2) is 0 Å². The Morgan fingerprint density at radius 2 is 1.85 bits per heavy atom. The van der Waals surface area contributed by atoms with Crippen molar-refractivity contribution in [3.8, 4) is 0 Å². The Balaban J connectivity index is 1.63. The van der Waals surface area contributed by atoms with Gasteiger partial charge in [-0.1, -0.05) is 38.1 Å². The number of ether oxygens (including phenoxy) is 1. The Morgan fingerprint density at radius 3 is 2.48 bits per heavy atom. The summed E-state index contributed by atoms with van der Waals surface area (Å²) in [5.41, 5.74) is 2.37. The number of carbonyl (C=O) groups excluding carboxylic acids is 2. The molecule has 1 aromatic rings. The summed E-state index contributed by atoms with van der Waals surface area (Å²) in [7, 11) is 0. The number of carbonyl (C=O) groups is 2. The number of morpholine rings is 1. The maximum absolute atomic E-state index is 12.9. The summed E-state index contributed by atoms with van der Waals surface area (Å²) in [4.78, 5) is 29.1. The molecule has 2 amide bonds. The first-order valence-corrected chi connectivity index (χ1v) is 10.0. The van der Waals surface area contributed by atoms with Gasteiger partial charge >= 0.3 is 0 Å². The van der Waals surface area contributed by atoms with E-state index in [0.717, 1.165) is 44.8 Å². The Bertz CT molecular complexity index is 656. The number of likely N-dealkylation sites (tertiary alicyclic amines) is 1. The first kappa shape index (κ1) is 19.8. The summed E-state index contributed by atoms with van der Waals surface area (Å²) in [5, 5.41) is 3.08. The van der Waals surface area contributed by atoms with Crippen LogP contribution < -0.4 is 5.32 Å². The molecule has 0 radical (unpaired) electrons. The van der Waals surface area contributed by atoms with Crippen LogP contribution >= 0.6 is 0 Å². The van der Waals surface area contributed by atoms with Crippen molar-refractivity contribution < 1.29 is 14.3 Å². The Kier molecular flexibility index (Phi) is 6.85. The zero-order chi connectivity index (χ0) is 19.2. The van der Waals surface area contributed by atoms with Crippen molar-refractivity contribution in [2.24, 2.45) is 5.92 Å². The minimum Gasteiger partial charge on any atom is -0.379 e. The Hall–Kier alpha value is -1.92. The van der Waals surface area contributed by atoms with E-state index in [1.165, 1.54) is 5.56 Å². The molecule has 0 aromatic heterocycles. The van der Waals surface area contributed by atoms with E-state index in [1.807, 2.05) is 26.0 Å². The van der Waals surface area contributed by atoms with E-state index >= 15 is 0 Å². The molecule has 2 saturated heterocycles. The normalized spacial score (nSPS) is 19.5. The van der Waals surface area contributed by atoms with Crippen molar-refractivity contribution in [1.82, 2.24) is 15.1 Å². The van der Waals surface area contributed by atoms with E-state index < -0.39 is 0 Å². The van der Waals surface area contributed by atoms with Gasteiger partial charge < -0.3 is 15.0 Å². The third-order valence-corrected chi connectivity index (χ3v) is 5.42. The van der Waals surface area contributed by atoms with E-state index in [4.69, 9.17) is 4.74 Å². The number of rotatable bonds is 7. The van der Waals surface area contributed by atoms with Gasteiger partial charge in [0.1, 0.15) is 6.04 Å². The first-order chi connectivity index (χ1) is 13.1. The third kappa shape index (κ3) is 5.08. The lowest BCUT2D eigenvalue weighted by Gasteiger charge is -2.30. The molecule has 0 bridgehead atoms. The molecular formula is C21H31N3O3. The van der Waals surface area contributed by atoms with Gasteiger partial charge in [0.25, 0.3) is 0 Å². The predicted octanol–water partition coefficient (Wildman–Crippen LogP) is 1.78. The van der Waals surface area contributed by atoms with Gasteiger partial charge in [-0.2, -0.15) is 0 Å². The standard InChI is InChI=1S/C21H31N3O3/c1-16(2)20(24-9-5-8-19(24)25)21(26)22-14-17-6-3-4-7-18(17)15-23-10-12-27-13-11-23/h3-4,6-7,16,20H,5,8-15H2,1-2H3,(H,22,26). The highest BCUT2D eigenvalue weighted by Gasteiger charge is 2.34. The highest BCUT2D eigenvalue weighted by Crippen LogP contribution is 2.20. The number of amides is 2. The fourth-order valence-corrected chi connectivity index (χ4v) is 3.94. The quantitative estimate of drug-likeness (QED) is 0.791. The van der Waals surface area contributed by atoms with Gasteiger partial charge in [-0.05, 0) is 23.5 Å². The molecule has 6 heteroatoms. The molecule has 2 aliphatic heterocycles. The summed E-state index contributed by atoms with van der Waals surface area (Å²) in [5.74, 6) is 0.133. The third-order valence-electron chi connectivity index (χ3n) is 5.42. The van der Waals surface area contributed by atoms with Crippen LogP contribution in [0.2, 0.25) is 0 Å². The summed E-state index contributed by atoms with van der Waals surface area (Å²) >= 11 is 0. The smallest absolute Gasteiger partial charge is 0.243 e. The number of benzene rings is 1. The van der Waals surface area contributed by atoms with Crippen molar-refractivity contribution >= 4 is 11.8 Å². The second-order valence-electron chi connectivity index (χ2n) is 7.75. The summed E-state index contributed by atoms with van der Waals surface area (Å²) in [6.07, 6.45) is 1.40. The van der Waals surface area contributed by atoms with E-state index in [2.05, 4.69) is 22.3 Å². The second-order valence-corrected chi connectivity index (χ2v) is 7.75. The fourth-order valence-electron chi connectivity index (χ4n) is 3.94. The first-order valence-electron chi connectivity index (χ1n) is 10.0. The number of nitrogens with zero attached hydrogens (tertiary/aromatic N) is 2. The molecule has 0 saturated carbocycles. The van der Waals surface area contributed by atoms with Crippen molar-refractivity contribution in [3.63, 3.8) is 0 Å². The molecule has 6 nitrogen and oxygen atoms in total. The second kappa shape index (κ2) is 9.33. The molecule has 27 heavy (non-hydrogen) atoms. The molecule has 2 aliphatic rings. The van der Waals surface area contributed by atoms with Gasteiger partial charge in [0.2, 0.25) is 11.8 Å². The van der Waals surface area contributed by atoms with Gasteiger partial charge in [-0.15, -0.1) is 0 Å². The summed E-state index contributed by atoms with van der Waals surface area (Å²) < 4.78 is 5.42. The van der Waals surface area contributed by atoms with Crippen molar-refractivity contribution in [3.05, 3.63) is 35.4 Å². The SMILES string of the molecule is CC(C)C(C(=O)NCc1ccccc1CN1CCOCC1)N1CCCC1=O. The molecule has 148 valence electrons. The summed E-state index contributed by atoms with van der Waals surface area (Å²) in [6, 6.07) is 7.86. The van der Waals surface area contributed by atoms with Crippen molar-refractivity contribution in [1.29, 1.82) is 0 Å². The van der Waals surface area contributed by atoms with Crippen LogP contribution in [0.25, 0.3) is 0 Å². The van der Waals surface area contributed by atoms with Crippen LogP contribution in [0.5, 0.6) is 0 Å². The molecule has 2 fully saturated rings. The molecular weight excluding hydrogens is 342 g/mol. The van der Waals surface area contributed by atoms with Gasteiger partial charge in [-0.3, -0.25) is 14.5 Å². The highest BCUT2D eigenvalue weighted by molar-refractivity contribution is 5.88. The number of nitrogens with one attached hydrogen (secondary N) is 1. The van der Waals surface area contributed by atoms with Gasteiger partial charge in [0.15, 0.2) is 0 Å². The van der Waals surface area contributed by atoms with Gasteiger partial charge in [0, 0.05) is 39.1 Å². The monoisotopic (exact) mass is 373 g/mol. The molecule has 1 aromatic carbocycles. The van der Waals surface area contributed by atoms with E-state index in [0.29, 0.717) is 19.5 Å². The highest BCUT2D eigenvalue weighted by atomic mass is 16.5. The zero-order valence-electron chi connectivity index (χ0n) is 16.4. The number of hydrogen-bond acceptors (Lipinski definition) is 4. The molecule has 1 atom stereocenters. The van der Waals surface area contributed by atoms with Crippen LogP contribution in [0.1, 0.15) is 37.8 Å². The topological polar surface area (TPSA) is 61.9 Å². The summed E-state index contributed by atoms with van der Waals surface area (Å²) in [6.45, 7) is 9.48. The minimum atomic E-state index is -0.383. The lowest BCUT2D eigenvalue weighted by molar-refractivity contribution is -0.139. The van der Waals surface area contributed by atoms with Crippen LogP contribution in [-0.2, 0) is 27.4 Å².